The van der Waals surface area contributed by atoms with Crippen LogP contribution in [0.2, 0.25) is 0 Å². The van der Waals surface area contributed by atoms with Gasteiger partial charge >= 0.3 is 5.97 Å². The minimum atomic E-state index is -0.0255. The van der Waals surface area contributed by atoms with E-state index in [1.807, 2.05) is 0 Å². The van der Waals surface area contributed by atoms with Crippen molar-refractivity contribution in [1.82, 2.24) is 0 Å². The van der Waals surface area contributed by atoms with Crippen LogP contribution in [0, 0.1) is 0 Å². The number of carbonyl (C=O) groups is 1. The highest BCUT2D eigenvalue weighted by Gasteiger charge is 2.05. The van der Waals surface area contributed by atoms with Gasteiger partial charge < -0.3 is 14.9 Å². The second-order valence-corrected chi connectivity index (χ2v) is 5.31. The first kappa shape index (κ1) is 19.4. The number of ether oxygens (including phenoxy) is 1. The third kappa shape index (κ3) is 15.4. The average Bonchev–Trinajstić information content (AvgIpc) is 2.70. The minimum Gasteiger partial charge on any atom is -0.466 e. The lowest BCUT2D eigenvalue weighted by molar-refractivity contribution is -0.142. The number of cyclic esters (lactones) is 1. The molecule has 1 heterocycles. The molecule has 0 bridgehead atoms. The van der Waals surface area contributed by atoms with Crippen LogP contribution < -0.4 is 0 Å². The van der Waals surface area contributed by atoms with Crippen molar-refractivity contribution in [2.45, 2.75) is 77.0 Å². The number of aliphatic hydroxyl groups is 2. The Morgan fingerprint density at radius 2 is 1.25 bits per heavy atom. The summed E-state index contributed by atoms with van der Waals surface area (Å²) in [5.74, 6) is -0.0255. The van der Waals surface area contributed by atoms with Gasteiger partial charge in [0.1, 0.15) is 0 Å². The SMILES string of the molecule is O=C1CCCCCO1.OCCCCCCCCCCO. The molecule has 0 atom stereocenters. The van der Waals surface area contributed by atoms with Crippen molar-refractivity contribution in [2.24, 2.45) is 0 Å². The van der Waals surface area contributed by atoms with Gasteiger partial charge in [-0.25, -0.2) is 0 Å². The Morgan fingerprint density at radius 3 is 1.75 bits per heavy atom. The fourth-order valence-electron chi connectivity index (χ4n) is 2.09. The van der Waals surface area contributed by atoms with Gasteiger partial charge in [0.05, 0.1) is 6.61 Å². The molecule has 0 aromatic rings. The molecule has 2 N–H and O–H groups in total. The lowest BCUT2D eigenvalue weighted by atomic mass is 10.1. The average molecular weight is 288 g/mol. The molecule has 0 aromatic heterocycles. The predicted molar refractivity (Wildman–Crippen MR) is 80.5 cm³/mol. The van der Waals surface area contributed by atoms with Crippen molar-refractivity contribution in [1.29, 1.82) is 0 Å². The van der Waals surface area contributed by atoms with Gasteiger partial charge in [0.2, 0.25) is 0 Å². The molecule has 4 heteroatoms. The molecular formula is C16H32O4. The summed E-state index contributed by atoms with van der Waals surface area (Å²) in [6, 6.07) is 0. The molecule has 1 saturated heterocycles. The number of hydrogen-bond acceptors (Lipinski definition) is 4. The molecule has 20 heavy (non-hydrogen) atoms. The van der Waals surface area contributed by atoms with Crippen LogP contribution in [0.15, 0.2) is 0 Å². The molecule has 0 unspecified atom stereocenters. The molecule has 0 aliphatic carbocycles. The lowest BCUT2D eigenvalue weighted by Crippen LogP contribution is -2.00. The number of hydrogen-bond donors (Lipinski definition) is 2. The Kier molecular flexibility index (Phi) is 15.9. The summed E-state index contributed by atoms with van der Waals surface area (Å²) < 4.78 is 4.76. The Morgan fingerprint density at radius 1 is 0.750 bits per heavy atom. The highest BCUT2D eigenvalue weighted by Crippen LogP contribution is 2.08. The molecule has 0 saturated carbocycles. The maximum atomic E-state index is 10.5. The van der Waals surface area contributed by atoms with E-state index in [4.69, 9.17) is 14.9 Å². The maximum absolute atomic E-state index is 10.5. The van der Waals surface area contributed by atoms with Crippen LogP contribution in [0.5, 0.6) is 0 Å². The Labute approximate surface area is 123 Å². The van der Waals surface area contributed by atoms with Crippen LogP contribution in [0.25, 0.3) is 0 Å². The van der Waals surface area contributed by atoms with Crippen LogP contribution in [0.1, 0.15) is 77.0 Å². The zero-order chi connectivity index (χ0) is 14.9. The summed E-state index contributed by atoms with van der Waals surface area (Å²) in [6.45, 7) is 1.31. The number of unbranched alkanes of at least 4 members (excludes halogenated alkanes) is 7. The normalized spacial score (nSPS) is 15.0. The Balaban J connectivity index is 0.000000388. The monoisotopic (exact) mass is 288 g/mol. The fourth-order valence-corrected chi connectivity index (χ4v) is 2.09. The predicted octanol–water partition coefficient (Wildman–Crippen LogP) is 3.20. The lowest BCUT2D eigenvalue weighted by Gasteiger charge is -1.99. The molecule has 0 aromatic carbocycles. The van der Waals surface area contributed by atoms with Gasteiger partial charge in [-0.3, -0.25) is 4.79 Å². The van der Waals surface area contributed by atoms with Crippen molar-refractivity contribution < 1.29 is 19.7 Å². The summed E-state index contributed by atoms with van der Waals surface area (Å²) in [5.41, 5.74) is 0. The van der Waals surface area contributed by atoms with Crippen molar-refractivity contribution >= 4 is 5.97 Å². The zero-order valence-corrected chi connectivity index (χ0v) is 12.8. The molecular weight excluding hydrogens is 256 g/mol. The van der Waals surface area contributed by atoms with E-state index in [2.05, 4.69) is 0 Å². The molecule has 1 aliphatic rings. The molecule has 1 rings (SSSR count). The first-order valence-electron chi connectivity index (χ1n) is 8.18. The van der Waals surface area contributed by atoms with E-state index in [0.29, 0.717) is 26.2 Å². The number of aliphatic hydroxyl groups excluding tert-OH is 2. The van der Waals surface area contributed by atoms with Gasteiger partial charge in [-0.05, 0) is 32.1 Å². The summed E-state index contributed by atoms with van der Waals surface area (Å²) in [7, 11) is 0. The standard InChI is InChI=1S/C10H22O2.C6H10O2/c11-9-7-5-3-1-2-4-6-8-10-12;7-6-4-2-1-3-5-8-6/h11-12H,1-10H2;1-5H2. The molecule has 1 fully saturated rings. The van der Waals surface area contributed by atoms with Crippen molar-refractivity contribution in [3.05, 3.63) is 0 Å². The van der Waals surface area contributed by atoms with E-state index in [1.54, 1.807) is 0 Å². The summed E-state index contributed by atoms with van der Waals surface area (Å²) in [4.78, 5) is 10.5. The molecule has 1 aliphatic heterocycles. The smallest absolute Gasteiger partial charge is 0.305 e. The Hall–Kier alpha value is -0.610. The summed E-state index contributed by atoms with van der Waals surface area (Å²) in [5, 5.41) is 17.0. The Bertz CT molecular complexity index is 187. The van der Waals surface area contributed by atoms with Gasteiger partial charge in [0.15, 0.2) is 0 Å². The number of rotatable bonds is 9. The maximum Gasteiger partial charge on any atom is 0.305 e. The quantitative estimate of drug-likeness (QED) is 0.505. The first-order chi connectivity index (χ1) is 9.81. The third-order valence-corrected chi connectivity index (χ3v) is 3.35. The van der Waals surface area contributed by atoms with Gasteiger partial charge in [0.25, 0.3) is 0 Å². The molecule has 0 radical (unpaired) electrons. The summed E-state index contributed by atoms with van der Waals surface area (Å²) in [6.07, 6.45) is 13.1. The topological polar surface area (TPSA) is 66.8 Å². The van der Waals surface area contributed by atoms with Crippen LogP contribution >= 0.6 is 0 Å². The van der Waals surface area contributed by atoms with E-state index in [1.165, 1.54) is 25.7 Å². The number of esters is 1. The molecule has 0 amide bonds. The van der Waals surface area contributed by atoms with Crippen molar-refractivity contribution in [3.8, 4) is 0 Å². The van der Waals surface area contributed by atoms with Gasteiger partial charge in [-0.1, -0.05) is 38.5 Å². The van der Waals surface area contributed by atoms with Crippen LogP contribution in [0.4, 0.5) is 0 Å². The highest BCUT2D eigenvalue weighted by molar-refractivity contribution is 5.69. The van der Waals surface area contributed by atoms with Crippen LogP contribution in [-0.4, -0.2) is 36.0 Å². The van der Waals surface area contributed by atoms with Crippen LogP contribution in [0.3, 0.4) is 0 Å². The van der Waals surface area contributed by atoms with E-state index in [0.717, 1.165) is 44.9 Å². The van der Waals surface area contributed by atoms with E-state index >= 15 is 0 Å². The molecule has 0 spiro atoms. The van der Waals surface area contributed by atoms with Gasteiger partial charge in [-0.15, -0.1) is 0 Å². The summed E-state index contributed by atoms with van der Waals surface area (Å²) >= 11 is 0. The first-order valence-corrected chi connectivity index (χ1v) is 8.18. The molecule has 4 nitrogen and oxygen atoms in total. The van der Waals surface area contributed by atoms with Crippen molar-refractivity contribution in [2.75, 3.05) is 19.8 Å². The van der Waals surface area contributed by atoms with E-state index < -0.39 is 0 Å². The number of carbonyl (C=O) groups excluding carboxylic acids is 1. The minimum absolute atomic E-state index is 0.0255. The zero-order valence-electron chi connectivity index (χ0n) is 12.8. The van der Waals surface area contributed by atoms with E-state index in [9.17, 15) is 4.79 Å². The van der Waals surface area contributed by atoms with Gasteiger partial charge in [0, 0.05) is 19.6 Å². The largest absolute Gasteiger partial charge is 0.466 e. The van der Waals surface area contributed by atoms with Crippen LogP contribution in [-0.2, 0) is 9.53 Å². The third-order valence-electron chi connectivity index (χ3n) is 3.35. The van der Waals surface area contributed by atoms with Gasteiger partial charge in [-0.2, -0.15) is 0 Å². The molecule has 120 valence electrons. The second kappa shape index (κ2) is 16.4. The van der Waals surface area contributed by atoms with E-state index in [-0.39, 0.29) is 5.97 Å². The highest BCUT2D eigenvalue weighted by atomic mass is 16.5. The second-order valence-electron chi connectivity index (χ2n) is 5.31. The van der Waals surface area contributed by atoms with Crippen molar-refractivity contribution in [3.63, 3.8) is 0 Å². The fraction of sp³-hybridized carbons (Fsp3) is 0.938.